The molecule has 1 N–H and O–H groups in total. The van der Waals surface area contributed by atoms with Crippen molar-refractivity contribution in [1.82, 2.24) is 10.2 Å². The van der Waals surface area contributed by atoms with Crippen molar-refractivity contribution in [3.8, 4) is 0 Å². The van der Waals surface area contributed by atoms with Crippen LogP contribution in [0.25, 0.3) is 0 Å². The summed E-state index contributed by atoms with van der Waals surface area (Å²) in [6.45, 7) is 6.85. The topological polar surface area (TPSA) is 75.7 Å². The van der Waals surface area contributed by atoms with Crippen LogP contribution in [0.5, 0.6) is 0 Å². The van der Waals surface area contributed by atoms with Crippen LogP contribution < -0.4 is 5.32 Å². The number of esters is 1. The molecule has 0 spiro atoms. The number of ether oxygens (including phenoxy) is 1. The van der Waals surface area contributed by atoms with Crippen molar-refractivity contribution in [2.45, 2.75) is 37.9 Å². The molecular formula is C17H20N2O4S. The lowest BCUT2D eigenvalue weighted by molar-refractivity contribution is -0.163. The van der Waals surface area contributed by atoms with Gasteiger partial charge in [0.25, 0.3) is 0 Å². The van der Waals surface area contributed by atoms with E-state index in [2.05, 4.69) is 24.5 Å². The van der Waals surface area contributed by atoms with Gasteiger partial charge < -0.3 is 15.0 Å². The zero-order valence-corrected chi connectivity index (χ0v) is 14.5. The lowest BCUT2D eigenvalue weighted by Gasteiger charge is -2.47. The second kappa shape index (κ2) is 7.53. The van der Waals surface area contributed by atoms with Gasteiger partial charge in [0.1, 0.15) is 18.0 Å². The normalized spacial score (nSPS) is 20.8. The van der Waals surface area contributed by atoms with Gasteiger partial charge in [-0.1, -0.05) is 36.9 Å². The molecule has 2 rings (SSSR count). The van der Waals surface area contributed by atoms with Gasteiger partial charge in [0.2, 0.25) is 11.8 Å². The maximum Gasteiger partial charge on any atom is 0.333 e. The molecule has 2 amide bonds. The first-order valence-electron chi connectivity index (χ1n) is 7.46. The van der Waals surface area contributed by atoms with E-state index in [9.17, 15) is 14.4 Å². The van der Waals surface area contributed by atoms with Gasteiger partial charge in [-0.2, -0.15) is 12.6 Å². The molecule has 0 saturated carbocycles. The fourth-order valence-corrected chi connectivity index (χ4v) is 2.94. The second-order valence-electron chi connectivity index (χ2n) is 5.68. The summed E-state index contributed by atoms with van der Waals surface area (Å²) in [4.78, 5) is 37.1. The number of nitrogens with zero attached hydrogens (tertiary/aromatic N) is 1. The van der Waals surface area contributed by atoms with Crippen molar-refractivity contribution in [3.63, 3.8) is 0 Å². The number of carbonyl (C=O) groups excluding carboxylic acids is 3. The molecule has 0 aromatic heterocycles. The Bertz CT molecular complexity index is 662. The summed E-state index contributed by atoms with van der Waals surface area (Å²) in [5, 5.41) is 1.91. The number of amides is 2. The third-order valence-electron chi connectivity index (χ3n) is 3.65. The molecule has 1 aromatic rings. The largest absolute Gasteiger partial charge is 0.459 e. The van der Waals surface area contributed by atoms with Crippen LogP contribution in [0.3, 0.4) is 0 Å². The predicted octanol–water partition coefficient (Wildman–Crippen LogP) is 1.28. The fourth-order valence-electron chi connectivity index (χ4n) is 2.49. The third kappa shape index (κ3) is 3.79. The fraction of sp³-hybridized carbons (Fsp3) is 0.353. The first kappa shape index (κ1) is 18.1. The van der Waals surface area contributed by atoms with E-state index in [0.29, 0.717) is 5.57 Å². The molecule has 3 unspecified atom stereocenters. The van der Waals surface area contributed by atoms with Crippen molar-refractivity contribution in [2.75, 3.05) is 0 Å². The number of thiol groups is 1. The standard InChI is InChI=1S/C17H20N2O4S/c1-10(2)14(17(22)23-9-12-7-5-4-6-8-12)19-15(21)13(16(19)24)18-11(3)20/h4-8,13-14,16,24H,1,9H2,2-3H3,(H,18,20). The van der Waals surface area contributed by atoms with E-state index < -0.39 is 23.4 Å². The first-order valence-corrected chi connectivity index (χ1v) is 7.98. The molecule has 1 aromatic carbocycles. The zero-order valence-electron chi connectivity index (χ0n) is 13.6. The van der Waals surface area contributed by atoms with Crippen molar-refractivity contribution < 1.29 is 19.1 Å². The Kier molecular flexibility index (Phi) is 5.66. The van der Waals surface area contributed by atoms with Crippen LogP contribution in [-0.2, 0) is 25.7 Å². The third-order valence-corrected chi connectivity index (χ3v) is 4.20. The monoisotopic (exact) mass is 348 g/mol. The number of rotatable bonds is 6. The molecule has 0 bridgehead atoms. The predicted molar refractivity (Wildman–Crippen MR) is 92.1 cm³/mol. The summed E-state index contributed by atoms with van der Waals surface area (Å²) in [6.07, 6.45) is 0. The Labute approximate surface area is 146 Å². The maximum atomic E-state index is 12.4. The number of β-lactam (4-membered cyclic amide) rings is 1. The Balaban J connectivity index is 2.04. The molecule has 3 atom stereocenters. The van der Waals surface area contributed by atoms with Crippen molar-refractivity contribution in [1.29, 1.82) is 0 Å². The van der Waals surface area contributed by atoms with Gasteiger partial charge >= 0.3 is 5.97 Å². The van der Waals surface area contributed by atoms with Crippen molar-refractivity contribution in [3.05, 3.63) is 48.0 Å². The number of benzene rings is 1. The molecule has 7 heteroatoms. The van der Waals surface area contributed by atoms with Gasteiger partial charge in [0.05, 0.1) is 0 Å². The van der Waals surface area contributed by atoms with Crippen LogP contribution in [0.2, 0.25) is 0 Å². The van der Waals surface area contributed by atoms with Crippen LogP contribution >= 0.6 is 12.6 Å². The first-order chi connectivity index (χ1) is 11.3. The Morgan fingerprint density at radius 1 is 1.33 bits per heavy atom. The van der Waals surface area contributed by atoms with Gasteiger partial charge in [-0.25, -0.2) is 4.79 Å². The van der Waals surface area contributed by atoms with Crippen LogP contribution in [0, 0.1) is 0 Å². The zero-order chi connectivity index (χ0) is 17.9. The van der Waals surface area contributed by atoms with E-state index in [4.69, 9.17) is 4.74 Å². The summed E-state index contributed by atoms with van der Waals surface area (Å²) >= 11 is 4.32. The van der Waals surface area contributed by atoms with Crippen LogP contribution in [0.1, 0.15) is 19.4 Å². The quantitative estimate of drug-likeness (QED) is 0.351. The summed E-state index contributed by atoms with van der Waals surface area (Å²) in [5.74, 6) is -1.28. The minimum absolute atomic E-state index is 0.109. The molecule has 1 fully saturated rings. The van der Waals surface area contributed by atoms with Gasteiger partial charge in [-0.15, -0.1) is 0 Å². The van der Waals surface area contributed by atoms with E-state index in [1.807, 2.05) is 30.3 Å². The van der Waals surface area contributed by atoms with E-state index >= 15 is 0 Å². The van der Waals surface area contributed by atoms with Gasteiger partial charge in [0, 0.05) is 6.92 Å². The molecule has 0 radical (unpaired) electrons. The Hall–Kier alpha value is -2.28. The molecule has 1 heterocycles. The molecule has 1 aliphatic rings. The van der Waals surface area contributed by atoms with Crippen LogP contribution in [-0.4, -0.2) is 40.1 Å². The Morgan fingerprint density at radius 3 is 2.46 bits per heavy atom. The number of hydrogen-bond acceptors (Lipinski definition) is 5. The average molecular weight is 348 g/mol. The van der Waals surface area contributed by atoms with Crippen molar-refractivity contribution in [2.24, 2.45) is 0 Å². The lowest BCUT2D eigenvalue weighted by atomic mass is 9.99. The van der Waals surface area contributed by atoms with Crippen LogP contribution in [0.15, 0.2) is 42.5 Å². The number of nitrogens with one attached hydrogen (secondary N) is 1. The minimum atomic E-state index is -0.922. The molecule has 6 nitrogen and oxygen atoms in total. The second-order valence-corrected chi connectivity index (χ2v) is 6.21. The molecule has 128 valence electrons. The number of likely N-dealkylation sites (tertiary alicyclic amines) is 1. The summed E-state index contributed by atoms with van der Waals surface area (Å²) in [5.41, 5.74) is 1.32. The average Bonchev–Trinajstić information content (AvgIpc) is 2.55. The van der Waals surface area contributed by atoms with Gasteiger partial charge in [-0.05, 0) is 18.1 Å². The summed E-state index contributed by atoms with van der Waals surface area (Å²) < 4.78 is 5.31. The molecule has 1 saturated heterocycles. The SMILES string of the molecule is C=C(C)C(C(=O)OCc1ccccc1)N1C(=O)C(NC(C)=O)C1S. The highest BCUT2D eigenvalue weighted by Gasteiger charge is 2.51. The van der Waals surface area contributed by atoms with Crippen LogP contribution in [0.4, 0.5) is 0 Å². The van der Waals surface area contributed by atoms with E-state index in [1.165, 1.54) is 11.8 Å². The highest BCUT2D eigenvalue weighted by molar-refractivity contribution is 7.81. The van der Waals surface area contributed by atoms with Gasteiger partial charge in [0.15, 0.2) is 6.04 Å². The number of hydrogen-bond donors (Lipinski definition) is 2. The molecule has 1 aliphatic heterocycles. The smallest absolute Gasteiger partial charge is 0.333 e. The minimum Gasteiger partial charge on any atom is -0.459 e. The highest BCUT2D eigenvalue weighted by atomic mass is 32.1. The highest BCUT2D eigenvalue weighted by Crippen LogP contribution is 2.29. The Morgan fingerprint density at radius 2 is 1.96 bits per heavy atom. The summed E-state index contributed by atoms with van der Waals surface area (Å²) in [6, 6.07) is 7.58. The van der Waals surface area contributed by atoms with Gasteiger partial charge in [-0.3, -0.25) is 9.59 Å². The van der Waals surface area contributed by atoms with E-state index in [1.54, 1.807) is 6.92 Å². The number of carbonyl (C=O) groups is 3. The maximum absolute atomic E-state index is 12.4. The molecular weight excluding hydrogens is 328 g/mol. The van der Waals surface area contributed by atoms with Crippen molar-refractivity contribution >= 4 is 30.4 Å². The molecule has 24 heavy (non-hydrogen) atoms. The lowest BCUT2D eigenvalue weighted by Crippen LogP contribution is -2.72. The summed E-state index contributed by atoms with van der Waals surface area (Å²) in [7, 11) is 0. The molecule has 0 aliphatic carbocycles. The van der Waals surface area contributed by atoms with E-state index in [0.717, 1.165) is 5.56 Å². The van der Waals surface area contributed by atoms with E-state index in [-0.39, 0.29) is 18.4 Å².